The van der Waals surface area contributed by atoms with Gasteiger partial charge in [0.15, 0.2) is 0 Å². The van der Waals surface area contributed by atoms with Gasteiger partial charge in [0.05, 0.1) is 44.8 Å². The lowest BCUT2D eigenvalue weighted by Gasteiger charge is -2.46. The van der Waals surface area contributed by atoms with Crippen LogP contribution in [-0.2, 0) is 21.7 Å². The Morgan fingerprint density at radius 3 is 1.12 bits per heavy atom. The SMILES string of the molecule is CC(C)(C)c1cc(-c2cc3c4c(c2)N(c2c(-c5cccc6oc7ccccc7c56)cccc2-n2c5ccccc5c5ccccc52)c2ccc(C(C)(C)C)cc2B4c2cc(C(C)(C)C)ccc2N3c2c(-c3cccc4c3oc3ccccc34)cccc2-n2c3ccccc3c3ccccc32)cc(C(C)(C)C)c1. The first kappa shape index (κ1) is 64.5. The molecule has 0 spiro atoms. The van der Waals surface area contributed by atoms with E-state index < -0.39 is 0 Å². The lowest BCUT2D eigenvalue weighted by atomic mass is 9.33. The van der Waals surface area contributed by atoms with E-state index in [1.54, 1.807) is 0 Å². The van der Waals surface area contributed by atoms with E-state index in [0.29, 0.717) is 0 Å². The van der Waals surface area contributed by atoms with E-state index in [1.807, 2.05) is 0 Å². The number of aromatic nitrogens is 2. The molecular weight excluding hydrogens is 1300 g/mol. The van der Waals surface area contributed by atoms with E-state index in [4.69, 9.17) is 8.83 Å². The molecule has 2 aliphatic heterocycles. The summed E-state index contributed by atoms with van der Waals surface area (Å²) in [7, 11) is 0. The number of para-hydroxylation sites is 9. The van der Waals surface area contributed by atoms with Crippen LogP contribution in [0.1, 0.15) is 105 Å². The Bertz CT molecular complexity index is 6630. The number of nitrogens with zero attached hydrogens (tertiary/aromatic N) is 4. The minimum Gasteiger partial charge on any atom is -0.456 e. The molecule has 0 atom stereocenters. The average molecular weight is 1380 g/mol. The second kappa shape index (κ2) is 23.2. The van der Waals surface area contributed by atoms with E-state index in [1.165, 1.54) is 60.2 Å². The van der Waals surface area contributed by atoms with Gasteiger partial charge < -0.3 is 27.8 Å². The fourth-order valence-electron chi connectivity index (χ4n) is 17.9. The van der Waals surface area contributed by atoms with E-state index in [9.17, 15) is 0 Å². The molecule has 0 radical (unpaired) electrons. The highest BCUT2D eigenvalue weighted by Gasteiger charge is 2.47. The number of furan rings is 2. The fourth-order valence-corrected chi connectivity index (χ4v) is 17.9. The molecule has 18 aromatic rings. The summed E-state index contributed by atoms with van der Waals surface area (Å²) in [6, 6.07) is 108. The van der Waals surface area contributed by atoms with Crippen molar-refractivity contribution in [3.63, 3.8) is 0 Å². The average Bonchev–Trinajstić information content (AvgIpc) is 0.907. The van der Waals surface area contributed by atoms with Gasteiger partial charge in [0.2, 0.25) is 0 Å². The zero-order valence-electron chi connectivity index (χ0n) is 62.8. The summed E-state index contributed by atoms with van der Waals surface area (Å²) in [4.78, 5) is 5.43. The second-order valence-corrected chi connectivity index (χ2v) is 34.0. The predicted molar refractivity (Wildman–Crippen MR) is 455 cm³/mol. The molecule has 4 aromatic heterocycles. The minimum absolute atomic E-state index is 0.183. The van der Waals surface area contributed by atoms with Gasteiger partial charge in [-0.05, 0) is 156 Å². The van der Waals surface area contributed by atoms with Gasteiger partial charge in [-0.2, -0.15) is 0 Å². The summed E-state index contributed by atoms with van der Waals surface area (Å²) in [5.41, 5.74) is 31.1. The molecule has 7 heteroatoms. The van der Waals surface area contributed by atoms with Crippen LogP contribution in [0.4, 0.5) is 34.1 Å². The number of benzene rings is 14. The van der Waals surface area contributed by atoms with Crippen LogP contribution in [0.5, 0.6) is 0 Å². The molecular formula is C100H83BN4O2. The lowest BCUT2D eigenvalue weighted by molar-refractivity contribution is 0.569. The van der Waals surface area contributed by atoms with Gasteiger partial charge in [0.25, 0.3) is 6.71 Å². The molecule has 0 amide bonds. The van der Waals surface area contributed by atoms with Crippen molar-refractivity contribution in [3.05, 3.63) is 307 Å². The Hall–Kier alpha value is -12.1. The number of hydrogen-bond acceptors (Lipinski definition) is 4. The minimum atomic E-state index is -0.269. The molecule has 0 unspecified atom stereocenters. The van der Waals surface area contributed by atoms with Gasteiger partial charge in [-0.25, -0.2) is 0 Å². The van der Waals surface area contributed by atoms with Crippen molar-refractivity contribution in [2.24, 2.45) is 0 Å². The Balaban J connectivity index is 1.01. The van der Waals surface area contributed by atoms with Gasteiger partial charge in [-0.3, -0.25) is 0 Å². The van der Waals surface area contributed by atoms with Crippen LogP contribution in [0.2, 0.25) is 0 Å². The fraction of sp³-hybridized carbons (Fsp3) is 0.160. The summed E-state index contributed by atoms with van der Waals surface area (Å²) in [5, 5.41) is 9.10. The highest BCUT2D eigenvalue weighted by molar-refractivity contribution is 7.00. The molecule has 0 fully saturated rings. The zero-order valence-corrected chi connectivity index (χ0v) is 62.8. The van der Waals surface area contributed by atoms with Crippen LogP contribution in [0, 0.1) is 0 Å². The van der Waals surface area contributed by atoms with Crippen LogP contribution in [0.15, 0.2) is 294 Å². The smallest absolute Gasteiger partial charge is 0.252 e. The molecule has 6 heterocycles. The molecule has 20 rings (SSSR count). The van der Waals surface area contributed by atoms with Crippen molar-refractivity contribution in [2.75, 3.05) is 9.80 Å². The number of hydrogen-bond donors (Lipinski definition) is 0. The molecule has 0 aliphatic carbocycles. The molecule has 2 aliphatic rings. The largest absolute Gasteiger partial charge is 0.456 e. The number of anilines is 6. The van der Waals surface area contributed by atoms with Gasteiger partial charge >= 0.3 is 0 Å². The summed E-state index contributed by atoms with van der Waals surface area (Å²) in [6.45, 7) is 28.1. The third kappa shape index (κ3) is 9.85. The standard InChI is InChI=1S/C100H83BN4O2/c1-97(2,3)62-49-51-83-77(58-62)101-78-59-63(98(4,5)6)50-52-84(78)105(95-73(75-39-25-38-74-70-33-17-23-46-89(70)107-96(74)75)37-27-45-86(95)103-81-42-21-15-31-68(81)69-32-16-22-43-82(69)103)88-56-61(60-53-64(99(7,8)9)57-65(54-60)100(10,11)12)55-87(93(88)101)104(83)94-72(71-35-28-48-91-92(71)76-34-18-24-47-90(76)106-91)36-26-44-85(94)102-79-40-19-13-29-66(79)67-30-14-20-41-80(67)102/h13-59H,1-12H3. The first-order valence-corrected chi connectivity index (χ1v) is 37.9. The Labute approximate surface area is 625 Å². The molecule has 0 saturated carbocycles. The number of fused-ring (bicyclic) bond motifs is 16. The van der Waals surface area contributed by atoms with Crippen molar-refractivity contribution in [1.82, 2.24) is 9.13 Å². The molecule has 0 N–H and O–H groups in total. The second-order valence-electron chi connectivity index (χ2n) is 34.0. The van der Waals surface area contributed by atoms with Crippen molar-refractivity contribution < 1.29 is 8.83 Å². The third-order valence-corrected chi connectivity index (χ3v) is 23.3. The highest BCUT2D eigenvalue weighted by atomic mass is 16.3. The molecule has 14 aromatic carbocycles. The van der Waals surface area contributed by atoms with Gasteiger partial charge in [-0.15, -0.1) is 0 Å². The van der Waals surface area contributed by atoms with Gasteiger partial charge in [-0.1, -0.05) is 289 Å². The Morgan fingerprint density at radius 1 is 0.262 bits per heavy atom. The predicted octanol–water partition coefficient (Wildman–Crippen LogP) is 26.0. The van der Waals surface area contributed by atoms with Crippen molar-refractivity contribution in [1.29, 1.82) is 0 Å². The monoisotopic (exact) mass is 1380 g/mol. The molecule has 6 nitrogen and oxygen atoms in total. The maximum absolute atomic E-state index is 7.25. The summed E-state index contributed by atoms with van der Waals surface area (Å²) < 4.78 is 19.3. The Kier molecular flexibility index (Phi) is 14.0. The van der Waals surface area contributed by atoms with E-state index in [-0.39, 0.29) is 28.4 Å². The summed E-state index contributed by atoms with van der Waals surface area (Å²) in [5.74, 6) is 0. The van der Waals surface area contributed by atoms with Gasteiger partial charge in [0.1, 0.15) is 22.3 Å². The summed E-state index contributed by atoms with van der Waals surface area (Å²) >= 11 is 0. The van der Waals surface area contributed by atoms with E-state index in [2.05, 4.69) is 387 Å². The first-order valence-electron chi connectivity index (χ1n) is 37.9. The highest BCUT2D eigenvalue weighted by Crippen LogP contribution is 2.56. The molecule has 107 heavy (non-hydrogen) atoms. The van der Waals surface area contributed by atoms with E-state index in [0.717, 1.165) is 145 Å². The van der Waals surface area contributed by atoms with Crippen molar-refractivity contribution in [2.45, 2.75) is 105 Å². The van der Waals surface area contributed by atoms with Crippen LogP contribution in [0.25, 0.3) is 132 Å². The summed E-state index contributed by atoms with van der Waals surface area (Å²) in [6.07, 6.45) is 0. The molecule has 518 valence electrons. The normalized spacial score (nSPS) is 13.4. The number of rotatable bonds is 7. The maximum Gasteiger partial charge on any atom is 0.252 e. The molecule has 0 bridgehead atoms. The van der Waals surface area contributed by atoms with Gasteiger partial charge in [0, 0.05) is 82.5 Å². The topological polar surface area (TPSA) is 42.6 Å². The Morgan fingerprint density at radius 2 is 0.636 bits per heavy atom. The van der Waals surface area contributed by atoms with Crippen molar-refractivity contribution in [3.8, 4) is 44.8 Å². The van der Waals surface area contributed by atoms with Crippen LogP contribution >= 0.6 is 0 Å². The van der Waals surface area contributed by atoms with Crippen LogP contribution in [-0.4, -0.2) is 15.8 Å². The lowest BCUT2D eigenvalue weighted by Crippen LogP contribution is -2.62. The zero-order chi connectivity index (χ0) is 72.9. The van der Waals surface area contributed by atoms with Crippen molar-refractivity contribution >= 4 is 145 Å². The van der Waals surface area contributed by atoms with Crippen LogP contribution < -0.4 is 26.2 Å². The molecule has 0 saturated heterocycles. The van der Waals surface area contributed by atoms with Crippen LogP contribution in [0.3, 0.4) is 0 Å². The first-order chi connectivity index (χ1) is 51.6. The quantitative estimate of drug-likeness (QED) is 0.149. The third-order valence-electron chi connectivity index (χ3n) is 23.3. The van der Waals surface area contributed by atoms with E-state index >= 15 is 0 Å². The maximum atomic E-state index is 7.25.